The Bertz CT molecular complexity index is 641. The van der Waals surface area contributed by atoms with Crippen molar-refractivity contribution in [2.24, 2.45) is 5.92 Å². The van der Waals surface area contributed by atoms with Gasteiger partial charge >= 0.3 is 0 Å². The molecular weight excluding hydrogens is 308 g/mol. The summed E-state index contributed by atoms with van der Waals surface area (Å²) >= 11 is 1.23. The highest BCUT2D eigenvalue weighted by Crippen LogP contribution is 2.43. The molecule has 1 fully saturated rings. The molecule has 2 heterocycles. The van der Waals surface area contributed by atoms with Crippen molar-refractivity contribution in [1.82, 2.24) is 0 Å². The molecule has 0 unspecified atom stereocenters. The van der Waals surface area contributed by atoms with E-state index in [1.807, 2.05) is 0 Å². The van der Waals surface area contributed by atoms with E-state index >= 15 is 0 Å². The van der Waals surface area contributed by atoms with Crippen LogP contribution < -0.4 is 10.6 Å². The second-order valence-electron chi connectivity index (χ2n) is 5.82. The van der Waals surface area contributed by atoms with Crippen molar-refractivity contribution in [3.05, 3.63) is 4.88 Å². The molecule has 1 aromatic heterocycles. The zero-order valence-electron chi connectivity index (χ0n) is 12.7. The molecule has 2 N–H and O–H groups in total. The third-order valence-electron chi connectivity index (χ3n) is 3.64. The minimum Gasteiger partial charge on any atom is -0.396 e. The standard InChI is InChI=1S/C14H22N2O3S2/c1-9(2)11(17)12-10(15)13(21(3,18)19)14(20-12)16-7-5-4-6-8-16/h9H,4-8,15H2,1-3H3. The van der Waals surface area contributed by atoms with Crippen LogP contribution in [0.5, 0.6) is 0 Å². The predicted molar refractivity (Wildman–Crippen MR) is 87.1 cm³/mol. The molecule has 0 saturated carbocycles. The minimum atomic E-state index is -3.46. The first-order chi connectivity index (χ1) is 9.73. The molecule has 5 nitrogen and oxygen atoms in total. The van der Waals surface area contributed by atoms with Crippen LogP contribution in [0.2, 0.25) is 0 Å². The van der Waals surface area contributed by atoms with E-state index in [4.69, 9.17) is 5.73 Å². The Hall–Kier alpha value is -1.08. The van der Waals surface area contributed by atoms with E-state index < -0.39 is 9.84 Å². The van der Waals surface area contributed by atoms with Crippen molar-refractivity contribution in [2.75, 3.05) is 30.0 Å². The topological polar surface area (TPSA) is 80.5 Å². The fourth-order valence-electron chi connectivity index (χ4n) is 2.53. The quantitative estimate of drug-likeness (QED) is 0.858. The number of rotatable bonds is 4. The lowest BCUT2D eigenvalue weighted by Gasteiger charge is -2.28. The molecule has 0 atom stereocenters. The maximum absolute atomic E-state index is 12.3. The van der Waals surface area contributed by atoms with Gasteiger partial charge in [-0.15, -0.1) is 11.3 Å². The number of carbonyl (C=O) groups excluding carboxylic acids is 1. The molecule has 0 radical (unpaired) electrons. The lowest BCUT2D eigenvalue weighted by molar-refractivity contribution is 0.0944. The van der Waals surface area contributed by atoms with Gasteiger partial charge in [-0.2, -0.15) is 0 Å². The second kappa shape index (κ2) is 5.96. The van der Waals surface area contributed by atoms with Crippen molar-refractivity contribution in [3.63, 3.8) is 0 Å². The van der Waals surface area contributed by atoms with Crippen LogP contribution in [0.1, 0.15) is 42.8 Å². The van der Waals surface area contributed by atoms with Gasteiger partial charge in [0, 0.05) is 25.3 Å². The van der Waals surface area contributed by atoms with Crippen LogP contribution in [0.15, 0.2) is 4.90 Å². The lowest BCUT2D eigenvalue weighted by Crippen LogP contribution is -2.29. The van der Waals surface area contributed by atoms with E-state index in [-0.39, 0.29) is 22.3 Å². The van der Waals surface area contributed by atoms with E-state index in [2.05, 4.69) is 4.90 Å². The molecule has 0 amide bonds. The summed E-state index contributed by atoms with van der Waals surface area (Å²) < 4.78 is 24.2. The van der Waals surface area contributed by atoms with E-state index in [0.717, 1.165) is 38.6 Å². The summed E-state index contributed by atoms with van der Waals surface area (Å²) in [6, 6.07) is 0. The maximum atomic E-state index is 12.3. The monoisotopic (exact) mass is 330 g/mol. The number of Topliss-reactive ketones (excluding diaryl/α,β-unsaturated/α-hetero) is 1. The second-order valence-corrected chi connectivity index (χ2v) is 8.77. The van der Waals surface area contributed by atoms with Gasteiger partial charge in [0.05, 0.1) is 10.6 Å². The molecule has 0 spiro atoms. The first-order valence-electron chi connectivity index (χ1n) is 7.15. The normalized spacial score (nSPS) is 16.5. The van der Waals surface area contributed by atoms with Gasteiger partial charge in [0.2, 0.25) is 0 Å². The summed E-state index contributed by atoms with van der Waals surface area (Å²) in [5.41, 5.74) is 6.15. The number of hydrogen-bond donors (Lipinski definition) is 1. The molecule has 1 aliphatic heterocycles. The SMILES string of the molecule is CC(C)C(=O)c1sc(N2CCCCC2)c(S(C)(=O)=O)c1N. The minimum absolute atomic E-state index is 0.0920. The summed E-state index contributed by atoms with van der Waals surface area (Å²) in [7, 11) is -3.46. The van der Waals surface area contributed by atoms with Gasteiger partial charge in [0.25, 0.3) is 0 Å². The summed E-state index contributed by atoms with van der Waals surface area (Å²) in [4.78, 5) is 14.8. The number of hydrogen-bond acceptors (Lipinski definition) is 6. The smallest absolute Gasteiger partial charge is 0.180 e. The summed E-state index contributed by atoms with van der Waals surface area (Å²) in [6.45, 7) is 5.22. The van der Waals surface area contributed by atoms with E-state index in [0.29, 0.717) is 9.88 Å². The average molecular weight is 330 g/mol. The first kappa shape index (κ1) is 16.3. The fourth-order valence-corrected chi connectivity index (χ4v) is 5.37. The van der Waals surface area contributed by atoms with Crippen molar-refractivity contribution >= 4 is 37.6 Å². The average Bonchev–Trinajstić information content (AvgIpc) is 2.76. The van der Waals surface area contributed by atoms with Crippen molar-refractivity contribution in [1.29, 1.82) is 0 Å². The number of nitrogen functional groups attached to an aromatic ring is 1. The largest absolute Gasteiger partial charge is 0.396 e. The molecule has 1 aliphatic rings. The number of sulfone groups is 1. The Balaban J connectivity index is 2.57. The number of thiophene rings is 1. The third kappa shape index (κ3) is 3.23. The van der Waals surface area contributed by atoms with Crippen LogP contribution in [0.25, 0.3) is 0 Å². The maximum Gasteiger partial charge on any atom is 0.180 e. The third-order valence-corrected chi connectivity index (χ3v) is 6.21. The molecule has 0 aromatic carbocycles. The molecule has 21 heavy (non-hydrogen) atoms. The van der Waals surface area contributed by atoms with Crippen LogP contribution in [0, 0.1) is 5.92 Å². The number of piperidine rings is 1. The Morgan fingerprint density at radius 2 is 1.81 bits per heavy atom. The van der Waals surface area contributed by atoms with E-state index in [1.54, 1.807) is 13.8 Å². The molecule has 0 bridgehead atoms. The van der Waals surface area contributed by atoms with Crippen LogP contribution in [-0.4, -0.2) is 33.5 Å². The zero-order valence-corrected chi connectivity index (χ0v) is 14.3. The summed E-state index contributed by atoms with van der Waals surface area (Å²) in [5, 5.41) is 0.638. The van der Waals surface area contributed by atoms with Crippen molar-refractivity contribution in [2.45, 2.75) is 38.0 Å². The Morgan fingerprint density at radius 3 is 2.29 bits per heavy atom. The van der Waals surface area contributed by atoms with E-state index in [9.17, 15) is 13.2 Å². The van der Waals surface area contributed by atoms with Crippen LogP contribution >= 0.6 is 11.3 Å². The Labute approximate surface area is 130 Å². The molecule has 1 aromatic rings. The molecule has 118 valence electrons. The first-order valence-corrected chi connectivity index (χ1v) is 9.85. The highest BCUT2D eigenvalue weighted by Gasteiger charge is 2.30. The highest BCUT2D eigenvalue weighted by molar-refractivity contribution is 7.91. The number of ketones is 1. The van der Waals surface area contributed by atoms with Gasteiger partial charge in [-0.05, 0) is 19.3 Å². The molecule has 0 aliphatic carbocycles. The molecular formula is C14H22N2O3S2. The van der Waals surface area contributed by atoms with Crippen molar-refractivity contribution < 1.29 is 13.2 Å². The van der Waals surface area contributed by atoms with E-state index in [1.165, 1.54) is 11.3 Å². The van der Waals surface area contributed by atoms with Crippen molar-refractivity contribution in [3.8, 4) is 0 Å². The van der Waals surface area contributed by atoms with Crippen LogP contribution in [0.4, 0.5) is 10.7 Å². The van der Waals surface area contributed by atoms with Gasteiger partial charge in [0.15, 0.2) is 15.6 Å². The number of nitrogens with zero attached hydrogens (tertiary/aromatic N) is 1. The van der Waals surface area contributed by atoms with Crippen LogP contribution in [0.3, 0.4) is 0 Å². The Kier molecular flexibility index (Phi) is 4.63. The van der Waals surface area contributed by atoms with Crippen LogP contribution in [-0.2, 0) is 9.84 Å². The summed E-state index contributed by atoms with van der Waals surface area (Å²) in [6.07, 6.45) is 4.38. The molecule has 7 heteroatoms. The van der Waals surface area contributed by atoms with Gasteiger partial charge < -0.3 is 10.6 Å². The van der Waals surface area contributed by atoms with Gasteiger partial charge in [-0.3, -0.25) is 4.79 Å². The summed E-state index contributed by atoms with van der Waals surface area (Å²) in [5.74, 6) is -0.293. The van der Waals surface area contributed by atoms with Gasteiger partial charge in [-0.25, -0.2) is 8.42 Å². The van der Waals surface area contributed by atoms with Gasteiger partial charge in [-0.1, -0.05) is 13.8 Å². The number of nitrogens with two attached hydrogens (primary N) is 1. The zero-order chi connectivity index (χ0) is 15.8. The molecule has 2 rings (SSSR count). The fraction of sp³-hybridized carbons (Fsp3) is 0.643. The predicted octanol–water partition coefficient (Wildman–Crippen LogP) is 2.56. The highest BCUT2D eigenvalue weighted by atomic mass is 32.2. The number of carbonyl (C=O) groups is 1. The van der Waals surface area contributed by atoms with Gasteiger partial charge in [0.1, 0.15) is 9.90 Å². The number of anilines is 2. The molecule has 1 saturated heterocycles. The lowest BCUT2D eigenvalue weighted by atomic mass is 10.1. The Morgan fingerprint density at radius 1 is 1.24 bits per heavy atom.